The van der Waals surface area contributed by atoms with Crippen LogP contribution in [0.15, 0.2) is 36.2 Å². The lowest BCUT2D eigenvalue weighted by molar-refractivity contribution is 0.0600. The number of methoxy groups -OCH3 is 1. The number of carbonyl (C=O) groups excluding carboxylic acids is 1. The number of nitrogens with one attached hydrogen (secondary N) is 1. The fourth-order valence-electron chi connectivity index (χ4n) is 1.88. The molecule has 0 aromatic heterocycles. The number of ether oxygens (including phenoxy) is 1. The molecule has 0 atom stereocenters. The van der Waals surface area contributed by atoms with Gasteiger partial charge in [0.25, 0.3) is 0 Å². The summed E-state index contributed by atoms with van der Waals surface area (Å²) in [7, 11) is 1.37. The van der Waals surface area contributed by atoms with Crippen LogP contribution < -0.4 is 22.6 Å². The highest BCUT2D eigenvalue weighted by Crippen LogP contribution is 2.06. The van der Waals surface area contributed by atoms with Crippen molar-refractivity contribution in [3.8, 4) is 0 Å². The van der Waals surface area contributed by atoms with E-state index < -0.39 is 0 Å². The van der Waals surface area contributed by atoms with Gasteiger partial charge in [0.05, 0.1) is 12.7 Å². The minimum atomic E-state index is -0.329. The van der Waals surface area contributed by atoms with Crippen molar-refractivity contribution in [2.24, 2.45) is 17.3 Å². The van der Waals surface area contributed by atoms with E-state index in [9.17, 15) is 4.79 Å². The lowest BCUT2D eigenvalue weighted by Crippen LogP contribution is -2.30. The van der Waals surface area contributed by atoms with E-state index in [2.05, 4.69) is 5.32 Å². The first kappa shape index (κ1) is 18.0. The first-order valence-corrected chi connectivity index (χ1v) is 7.12. The first-order valence-electron chi connectivity index (χ1n) is 7.12. The van der Waals surface area contributed by atoms with Crippen molar-refractivity contribution in [3.63, 3.8) is 0 Å². The van der Waals surface area contributed by atoms with Gasteiger partial charge in [0, 0.05) is 31.5 Å². The van der Waals surface area contributed by atoms with Gasteiger partial charge in [0.15, 0.2) is 0 Å². The van der Waals surface area contributed by atoms with Gasteiger partial charge < -0.3 is 26.5 Å². The van der Waals surface area contributed by atoms with Crippen LogP contribution in [0.1, 0.15) is 22.3 Å². The summed E-state index contributed by atoms with van der Waals surface area (Å²) in [6, 6.07) is 7.35. The Labute approximate surface area is 131 Å². The summed E-state index contributed by atoms with van der Waals surface area (Å²) in [6.07, 6.45) is 2.50. The molecule has 7 nitrogen and oxygen atoms in total. The van der Waals surface area contributed by atoms with E-state index >= 15 is 0 Å². The smallest absolute Gasteiger partial charge is 0.337 e. The van der Waals surface area contributed by atoms with E-state index in [1.54, 1.807) is 12.3 Å². The fourth-order valence-corrected chi connectivity index (χ4v) is 1.88. The maximum absolute atomic E-state index is 11.4. The molecular formula is C15H25N5O2. The van der Waals surface area contributed by atoms with Gasteiger partial charge in [0.1, 0.15) is 0 Å². The number of carbonyl (C=O) groups is 1. The number of rotatable bonds is 9. The highest BCUT2D eigenvalue weighted by atomic mass is 16.5. The standard InChI is InChI=1S/C15H25N5O2/c1-22-15(21)13-5-2-4-12(8-13)10-19-6-3-7-20(18)11-14(17)9-16/h2,4-5,8,11,19H,3,6-7,9-10,16-18H2,1H3/b14-11-. The van der Waals surface area contributed by atoms with Gasteiger partial charge in [-0.3, -0.25) is 0 Å². The molecule has 7 N–H and O–H groups in total. The predicted octanol–water partition coefficient (Wildman–Crippen LogP) is -0.113. The van der Waals surface area contributed by atoms with Gasteiger partial charge in [-0.2, -0.15) is 0 Å². The quantitative estimate of drug-likeness (QED) is 0.217. The van der Waals surface area contributed by atoms with E-state index in [0.29, 0.717) is 30.9 Å². The van der Waals surface area contributed by atoms with Crippen LogP contribution in [0, 0.1) is 0 Å². The molecule has 0 heterocycles. The van der Waals surface area contributed by atoms with Crippen LogP contribution in [-0.4, -0.2) is 37.7 Å². The third-order valence-electron chi connectivity index (χ3n) is 3.01. The van der Waals surface area contributed by atoms with E-state index in [0.717, 1.165) is 18.5 Å². The van der Waals surface area contributed by atoms with Gasteiger partial charge in [-0.05, 0) is 30.7 Å². The monoisotopic (exact) mass is 307 g/mol. The maximum atomic E-state index is 11.4. The molecule has 0 amide bonds. The topological polar surface area (TPSA) is 120 Å². The molecule has 0 radical (unpaired) electrons. The zero-order valence-corrected chi connectivity index (χ0v) is 12.9. The number of nitrogens with two attached hydrogens (primary N) is 3. The first-order chi connectivity index (χ1) is 10.6. The molecule has 0 unspecified atom stereocenters. The van der Waals surface area contributed by atoms with Gasteiger partial charge in [-0.25, -0.2) is 10.6 Å². The van der Waals surface area contributed by atoms with Crippen molar-refractivity contribution in [2.45, 2.75) is 13.0 Å². The molecule has 0 aliphatic carbocycles. The van der Waals surface area contributed by atoms with Gasteiger partial charge in [-0.15, -0.1) is 0 Å². The van der Waals surface area contributed by atoms with Gasteiger partial charge in [0.2, 0.25) is 0 Å². The summed E-state index contributed by atoms with van der Waals surface area (Å²) >= 11 is 0. The van der Waals surface area contributed by atoms with E-state index in [1.807, 2.05) is 18.2 Å². The van der Waals surface area contributed by atoms with Crippen molar-refractivity contribution < 1.29 is 9.53 Å². The Balaban J connectivity index is 2.29. The number of hydrogen-bond acceptors (Lipinski definition) is 7. The molecule has 22 heavy (non-hydrogen) atoms. The largest absolute Gasteiger partial charge is 0.465 e. The zero-order chi connectivity index (χ0) is 16.4. The minimum Gasteiger partial charge on any atom is -0.465 e. The Bertz CT molecular complexity index is 504. The average molecular weight is 307 g/mol. The van der Waals surface area contributed by atoms with Crippen LogP contribution in [0.3, 0.4) is 0 Å². The van der Waals surface area contributed by atoms with Crippen LogP contribution in [0.2, 0.25) is 0 Å². The van der Waals surface area contributed by atoms with Crippen LogP contribution in [0.25, 0.3) is 0 Å². The second kappa shape index (κ2) is 9.78. The SMILES string of the molecule is COC(=O)c1cccc(CNCCCN(N)/C=C(\N)CN)c1. The molecule has 0 saturated carbocycles. The summed E-state index contributed by atoms with van der Waals surface area (Å²) in [5.41, 5.74) is 13.1. The van der Waals surface area contributed by atoms with Crippen molar-refractivity contribution >= 4 is 5.97 Å². The minimum absolute atomic E-state index is 0.294. The Hall–Kier alpha value is -2.09. The van der Waals surface area contributed by atoms with Crippen molar-refractivity contribution in [2.75, 3.05) is 26.7 Å². The lowest BCUT2D eigenvalue weighted by atomic mass is 10.1. The van der Waals surface area contributed by atoms with Crippen molar-refractivity contribution in [3.05, 3.63) is 47.3 Å². The van der Waals surface area contributed by atoms with Crippen LogP contribution >= 0.6 is 0 Å². The summed E-state index contributed by atoms with van der Waals surface area (Å²) in [5.74, 6) is 5.43. The number of hydrogen-bond donors (Lipinski definition) is 4. The van der Waals surface area contributed by atoms with Gasteiger partial charge in [-0.1, -0.05) is 12.1 Å². The third kappa shape index (κ3) is 6.57. The number of nitrogens with zero attached hydrogens (tertiary/aromatic N) is 1. The van der Waals surface area contributed by atoms with E-state index in [1.165, 1.54) is 12.1 Å². The van der Waals surface area contributed by atoms with Crippen LogP contribution in [0.4, 0.5) is 0 Å². The molecule has 0 fully saturated rings. The average Bonchev–Trinajstić information content (AvgIpc) is 2.53. The molecule has 7 heteroatoms. The molecule has 1 aromatic carbocycles. The summed E-state index contributed by atoms with van der Waals surface area (Å²) in [6.45, 7) is 2.45. The van der Waals surface area contributed by atoms with E-state index in [-0.39, 0.29) is 5.97 Å². The second-order valence-corrected chi connectivity index (χ2v) is 4.87. The molecule has 0 aliphatic heterocycles. The Morgan fingerprint density at radius 2 is 2.23 bits per heavy atom. The highest BCUT2D eigenvalue weighted by Gasteiger charge is 2.05. The second-order valence-electron chi connectivity index (χ2n) is 4.87. The number of esters is 1. The zero-order valence-electron chi connectivity index (χ0n) is 12.9. The van der Waals surface area contributed by atoms with Crippen LogP contribution in [0.5, 0.6) is 0 Å². The molecule has 122 valence electrons. The molecule has 0 bridgehead atoms. The predicted molar refractivity (Wildman–Crippen MR) is 86.3 cm³/mol. The summed E-state index contributed by atoms with van der Waals surface area (Å²) < 4.78 is 4.70. The molecule has 1 aromatic rings. The molecule has 0 aliphatic rings. The molecular weight excluding hydrogens is 282 g/mol. The summed E-state index contributed by atoms with van der Waals surface area (Å²) in [5, 5.41) is 4.83. The maximum Gasteiger partial charge on any atom is 0.337 e. The normalized spacial score (nSPS) is 11.3. The Morgan fingerprint density at radius 3 is 2.91 bits per heavy atom. The Morgan fingerprint density at radius 1 is 1.45 bits per heavy atom. The lowest BCUT2D eigenvalue weighted by Gasteiger charge is -2.14. The van der Waals surface area contributed by atoms with Crippen molar-refractivity contribution in [1.82, 2.24) is 10.3 Å². The number of hydrazine groups is 1. The number of benzene rings is 1. The van der Waals surface area contributed by atoms with E-state index in [4.69, 9.17) is 22.0 Å². The summed E-state index contributed by atoms with van der Waals surface area (Å²) in [4.78, 5) is 11.4. The Kier molecular flexibility index (Phi) is 7.98. The van der Waals surface area contributed by atoms with Crippen LogP contribution in [-0.2, 0) is 11.3 Å². The third-order valence-corrected chi connectivity index (χ3v) is 3.01. The van der Waals surface area contributed by atoms with Crippen molar-refractivity contribution in [1.29, 1.82) is 0 Å². The van der Waals surface area contributed by atoms with Gasteiger partial charge >= 0.3 is 5.97 Å². The molecule has 0 saturated heterocycles. The molecule has 1 rings (SSSR count). The highest BCUT2D eigenvalue weighted by molar-refractivity contribution is 5.89. The fraction of sp³-hybridized carbons (Fsp3) is 0.400. The molecule has 0 spiro atoms.